The lowest BCUT2D eigenvalue weighted by molar-refractivity contribution is -0.294. The summed E-state index contributed by atoms with van der Waals surface area (Å²) in [6.07, 6.45) is -1.63. The summed E-state index contributed by atoms with van der Waals surface area (Å²) < 4.78 is 10.3. The van der Waals surface area contributed by atoms with Gasteiger partial charge in [0.1, 0.15) is 24.4 Å². The van der Waals surface area contributed by atoms with E-state index >= 15 is 0 Å². The van der Waals surface area contributed by atoms with E-state index in [4.69, 9.17) is 14.6 Å². The summed E-state index contributed by atoms with van der Waals surface area (Å²) in [5.74, 6) is 0. The highest BCUT2D eigenvalue weighted by Gasteiger charge is 2.44. The Morgan fingerprint density at radius 3 is 2.39 bits per heavy atom. The molecule has 5 atom stereocenters. The van der Waals surface area contributed by atoms with Gasteiger partial charge in [0, 0.05) is 6.61 Å². The second kappa shape index (κ2) is 8.04. The molecule has 1 aliphatic heterocycles. The van der Waals surface area contributed by atoms with Gasteiger partial charge in [-0.15, -0.1) is 0 Å². The van der Waals surface area contributed by atoms with E-state index < -0.39 is 37.3 Å². The van der Waals surface area contributed by atoms with Crippen molar-refractivity contribution >= 4 is 0 Å². The normalized spacial score (nSPS) is 36.8. The third-order valence-electron chi connectivity index (χ3n) is 3.15. The molecular formula is C12H24O6. The second-order valence-corrected chi connectivity index (χ2v) is 4.62. The van der Waals surface area contributed by atoms with Crippen LogP contribution in [0.4, 0.5) is 0 Å². The largest absolute Gasteiger partial charge is 0.394 e. The molecule has 0 aromatic carbocycles. The van der Waals surface area contributed by atoms with Crippen molar-refractivity contribution in [3.8, 4) is 0 Å². The molecule has 1 fully saturated rings. The van der Waals surface area contributed by atoms with Crippen LogP contribution in [0.5, 0.6) is 0 Å². The van der Waals surface area contributed by atoms with Crippen molar-refractivity contribution in [3.05, 3.63) is 0 Å². The predicted molar refractivity (Wildman–Crippen MR) is 63.9 cm³/mol. The van der Waals surface area contributed by atoms with Gasteiger partial charge < -0.3 is 29.9 Å². The fourth-order valence-corrected chi connectivity index (χ4v) is 2.01. The van der Waals surface area contributed by atoms with E-state index in [9.17, 15) is 15.3 Å². The number of aliphatic hydroxyl groups excluding tert-OH is 4. The second-order valence-electron chi connectivity index (χ2n) is 4.62. The number of unbranched alkanes of at least 4 members (excludes halogenated alkanes) is 3. The molecule has 0 spiro atoms. The first-order valence-electron chi connectivity index (χ1n) is 6.54. The molecule has 6 heteroatoms. The van der Waals surface area contributed by atoms with Crippen LogP contribution in [-0.4, -0.2) is 64.3 Å². The molecule has 0 aliphatic carbocycles. The Hall–Kier alpha value is -0.240. The highest BCUT2D eigenvalue weighted by atomic mass is 16.6. The molecule has 1 aliphatic rings. The first-order chi connectivity index (χ1) is 8.61. The molecule has 0 saturated carbocycles. The maximum Gasteiger partial charge on any atom is 0.184 e. The lowest BCUT2D eigenvalue weighted by Crippen LogP contribution is -2.59. The number of rotatable bonds is 7. The van der Waals surface area contributed by atoms with Crippen LogP contribution in [0, 0.1) is 0 Å². The highest BCUT2D eigenvalue weighted by Crippen LogP contribution is 2.22. The van der Waals surface area contributed by atoms with Crippen molar-refractivity contribution in [1.82, 2.24) is 0 Å². The molecule has 4 N–H and O–H groups in total. The number of hydrogen-bond donors (Lipinski definition) is 4. The molecule has 0 aromatic heterocycles. The Labute approximate surface area is 107 Å². The Kier molecular flexibility index (Phi) is 7.06. The molecular weight excluding hydrogens is 240 g/mol. The molecule has 1 heterocycles. The Morgan fingerprint density at radius 1 is 1.06 bits per heavy atom. The Balaban J connectivity index is 2.39. The van der Waals surface area contributed by atoms with Crippen molar-refractivity contribution in [2.24, 2.45) is 0 Å². The van der Waals surface area contributed by atoms with Crippen LogP contribution < -0.4 is 0 Å². The van der Waals surface area contributed by atoms with Gasteiger partial charge in [-0.05, 0) is 6.42 Å². The summed E-state index contributed by atoms with van der Waals surface area (Å²) in [5, 5.41) is 37.9. The summed E-state index contributed by atoms with van der Waals surface area (Å²) in [6, 6.07) is 0. The molecule has 1 saturated heterocycles. The van der Waals surface area contributed by atoms with E-state index in [1.807, 2.05) is 0 Å². The fraction of sp³-hybridized carbons (Fsp3) is 1.00. The first-order valence-corrected chi connectivity index (χ1v) is 6.54. The van der Waals surface area contributed by atoms with Crippen LogP contribution in [0.2, 0.25) is 0 Å². The number of aliphatic hydroxyl groups is 4. The van der Waals surface area contributed by atoms with Crippen LogP contribution in [0.3, 0.4) is 0 Å². The van der Waals surface area contributed by atoms with Crippen LogP contribution in [0.15, 0.2) is 0 Å². The average molecular weight is 264 g/mol. The molecule has 6 nitrogen and oxygen atoms in total. The summed E-state index contributed by atoms with van der Waals surface area (Å²) >= 11 is 0. The van der Waals surface area contributed by atoms with Gasteiger partial charge in [-0.3, -0.25) is 0 Å². The molecule has 0 aromatic rings. The quantitative estimate of drug-likeness (QED) is 0.458. The van der Waals surface area contributed by atoms with Gasteiger partial charge in [-0.25, -0.2) is 0 Å². The summed E-state index contributed by atoms with van der Waals surface area (Å²) in [4.78, 5) is 0. The zero-order valence-electron chi connectivity index (χ0n) is 10.7. The van der Waals surface area contributed by atoms with E-state index in [1.165, 1.54) is 0 Å². The lowest BCUT2D eigenvalue weighted by atomic mass is 9.99. The van der Waals surface area contributed by atoms with Crippen LogP contribution in [-0.2, 0) is 9.47 Å². The number of ether oxygens (including phenoxy) is 2. The van der Waals surface area contributed by atoms with Gasteiger partial charge in [0.2, 0.25) is 0 Å². The fourth-order valence-electron chi connectivity index (χ4n) is 2.01. The van der Waals surface area contributed by atoms with Crippen molar-refractivity contribution in [2.75, 3.05) is 13.2 Å². The Morgan fingerprint density at radius 2 is 1.78 bits per heavy atom. The molecule has 0 amide bonds. The van der Waals surface area contributed by atoms with E-state index in [2.05, 4.69) is 6.92 Å². The zero-order valence-corrected chi connectivity index (χ0v) is 10.7. The Bertz CT molecular complexity index is 225. The predicted octanol–water partition coefficient (Wildman–Crippen LogP) is -0.617. The minimum absolute atomic E-state index is 0.406. The summed E-state index contributed by atoms with van der Waals surface area (Å²) in [5.41, 5.74) is 0. The maximum absolute atomic E-state index is 9.84. The molecule has 18 heavy (non-hydrogen) atoms. The van der Waals surface area contributed by atoms with Gasteiger partial charge in [0.15, 0.2) is 6.29 Å². The molecule has 1 rings (SSSR count). The van der Waals surface area contributed by atoms with Gasteiger partial charge in [0.05, 0.1) is 6.61 Å². The number of hydrogen-bond acceptors (Lipinski definition) is 6. The summed E-state index contributed by atoms with van der Waals surface area (Å²) in [7, 11) is 0. The van der Waals surface area contributed by atoms with Crippen LogP contribution >= 0.6 is 0 Å². The lowest BCUT2D eigenvalue weighted by Gasteiger charge is -2.39. The highest BCUT2D eigenvalue weighted by molar-refractivity contribution is 4.89. The van der Waals surface area contributed by atoms with Gasteiger partial charge in [-0.2, -0.15) is 0 Å². The maximum atomic E-state index is 9.84. The van der Waals surface area contributed by atoms with E-state index in [0.29, 0.717) is 6.61 Å². The third-order valence-corrected chi connectivity index (χ3v) is 3.15. The van der Waals surface area contributed by atoms with Gasteiger partial charge in [-0.1, -0.05) is 26.2 Å². The molecule has 0 radical (unpaired) electrons. The zero-order chi connectivity index (χ0) is 13.5. The first kappa shape index (κ1) is 15.8. The third kappa shape index (κ3) is 4.15. The smallest absolute Gasteiger partial charge is 0.184 e. The monoisotopic (exact) mass is 264 g/mol. The van der Waals surface area contributed by atoms with E-state index in [-0.39, 0.29) is 0 Å². The van der Waals surface area contributed by atoms with Crippen molar-refractivity contribution < 1.29 is 29.9 Å². The molecule has 0 unspecified atom stereocenters. The van der Waals surface area contributed by atoms with Gasteiger partial charge >= 0.3 is 0 Å². The van der Waals surface area contributed by atoms with Crippen molar-refractivity contribution in [2.45, 2.75) is 63.3 Å². The average Bonchev–Trinajstić information content (AvgIpc) is 2.37. The summed E-state index contributed by atoms with van der Waals surface area (Å²) in [6.45, 7) is 2.08. The van der Waals surface area contributed by atoms with Crippen LogP contribution in [0.25, 0.3) is 0 Å². The van der Waals surface area contributed by atoms with E-state index in [0.717, 1.165) is 25.7 Å². The van der Waals surface area contributed by atoms with Crippen LogP contribution in [0.1, 0.15) is 32.6 Å². The topological polar surface area (TPSA) is 99.4 Å². The minimum Gasteiger partial charge on any atom is -0.394 e. The van der Waals surface area contributed by atoms with Crippen molar-refractivity contribution in [1.29, 1.82) is 0 Å². The molecule has 0 bridgehead atoms. The van der Waals surface area contributed by atoms with E-state index in [1.54, 1.807) is 0 Å². The standard InChI is InChI=1S/C12H24O6/c1-2-3-4-5-6-17-11-9(14)8(7-13)18-12(16)10(11)15/h8-16H,2-7H2,1H3/t8-,9-,10-,11+,12+/m1/s1. The SMILES string of the molecule is CCCCCCO[C@@H]1[C@@H](O)[C@@H](O)O[C@H](CO)[C@H]1O. The molecule has 108 valence electrons. The van der Waals surface area contributed by atoms with Crippen molar-refractivity contribution in [3.63, 3.8) is 0 Å². The minimum atomic E-state index is -1.44. The van der Waals surface area contributed by atoms with Gasteiger partial charge in [0.25, 0.3) is 0 Å².